The van der Waals surface area contributed by atoms with Crippen LogP contribution in [0.1, 0.15) is 32.6 Å². The van der Waals surface area contributed by atoms with E-state index in [1.165, 1.54) is 45.3 Å². The van der Waals surface area contributed by atoms with Gasteiger partial charge in [0.2, 0.25) is 0 Å². The first kappa shape index (κ1) is 10.0. The summed E-state index contributed by atoms with van der Waals surface area (Å²) in [5.41, 5.74) is 0. The summed E-state index contributed by atoms with van der Waals surface area (Å²) >= 11 is 0. The van der Waals surface area contributed by atoms with Gasteiger partial charge in [0.05, 0.1) is 0 Å². The molecule has 0 unspecified atom stereocenters. The Kier molecular flexibility index (Phi) is 5.37. The summed E-state index contributed by atoms with van der Waals surface area (Å²) in [5, 5.41) is 4.41. The molecule has 0 aromatic carbocycles. The van der Waals surface area contributed by atoms with Gasteiger partial charge in [-0.2, -0.15) is 0 Å². The van der Waals surface area contributed by atoms with E-state index in [0.717, 1.165) is 13.1 Å². The zero-order valence-corrected chi connectivity index (χ0v) is 8.26. The molecule has 0 aliphatic carbocycles. The fraction of sp³-hybridized carbons (Fsp3) is 1.00. The van der Waals surface area contributed by atoms with Crippen LogP contribution in [0.25, 0.3) is 0 Å². The molecule has 0 aromatic rings. The van der Waals surface area contributed by atoms with Crippen molar-refractivity contribution in [1.82, 2.24) is 10.2 Å². The Morgan fingerprint density at radius 2 is 2.08 bits per heavy atom. The first-order chi connectivity index (χ1) is 5.93. The molecule has 1 aliphatic heterocycles. The predicted octanol–water partition coefficient (Wildman–Crippen LogP) is 1.49. The summed E-state index contributed by atoms with van der Waals surface area (Å²) in [5.74, 6) is 0. The van der Waals surface area contributed by atoms with Gasteiger partial charge >= 0.3 is 0 Å². The average molecular weight is 169 g/mol. The van der Waals surface area contributed by atoms with Gasteiger partial charge in [0, 0.05) is 19.6 Å². The van der Waals surface area contributed by atoms with Crippen molar-refractivity contribution in [3.05, 3.63) is 0 Å². The van der Waals surface area contributed by atoms with E-state index in [-0.39, 0.29) is 0 Å². The Bertz CT molecular complexity index is 96.0. The van der Waals surface area contributed by atoms with Gasteiger partial charge in [0.1, 0.15) is 0 Å². The molecular weight excluding hydrogens is 148 g/mol. The van der Waals surface area contributed by atoms with E-state index in [1.807, 2.05) is 0 Å². The highest BCUT2D eigenvalue weighted by molar-refractivity contribution is 4.64. The summed E-state index contributed by atoms with van der Waals surface area (Å²) in [6, 6.07) is 0. The topological polar surface area (TPSA) is 17.3 Å². The third-order valence-corrected chi connectivity index (χ3v) is 2.44. The maximum atomic E-state index is 4.41. The zero-order valence-electron chi connectivity index (χ0n) is 8.26. The van der Waals surface area contributed by atoms with Gasteiger partial charge in [-0.05, 0) is 25.9 Å². The normalized spacial score (nSPS) is 20.8. The van der Waals surface area contributed by atoms with Crippen LogP contribution in [0, 0.1) is 0 Å². The monoisotopic (exact) mass is 169 g/mol. The predicted molar refractivity (Wildman–Crippen MR) is 52.5 cm³/mol. The molecule has 2 nitrogen and oxygen atoms in total. The zero-order chi connectivity index (χ0) is 8.65. The van der Waals surface area contributed by atoms with Crippen molar-refractivity contribution in [3.63, 3.8) is 0 Å². The molecule has 1 heterocycles. The minimum Gasteiger partial charge on any atom is -0.302 e. The lowest BCUT2D eigenvalue weighted by Gasteiger charge is -2.18. The lowest BCUT2D eigenvalue weighted by Crippen LogP contribution is -2.27. The first-order valence-corrected chi connectivity index (χ1v) is 5.29. The molecule has 1 rings (SSSR count). The molecular formula is C10H21N2. The first-order valence-electron chi connectivity index (χ1n) is 5.29. The molecule has 2 heteroatoms. The highest BCUT2D eigenvalue weighted by Gasteiger charge is 2.07. The van der Waals surface area contributed by atoms with E-state index in [1.54, 1.807) is 0 Å². The second-order valence-electron chi connectivity index (χ2n) is 3.57. The fourth-order valence-corrected chi connectivity index (χ4v) is 1.65. The van der Waals surface area contributed by atoms with Crippen molar-refractivity contribution in [2.75, 3.05) is 32.7 Å². The lowest BCUT2D eigenvalue weighted by atomic mass is 10.2. The molecule has 1 aliphatic rings. The quantitative estimate of drug-likeness (QED) is 0.583. The van der Waals surface area contributed by atoms with E-state index < -0.39 is 0 Å². The van der Waals surface area contributed by atoms with Gasteiger partial charge in [-0.3, -0.25) is 0 Å². The Balaban J connectivity index is 2.04. The van der Waals surface area contributed by atoms with E-state index >= 15 is 0 Å². The van der Waals surface area contributed by atoms with Crippen LogP contribution < -0.4 is 5.32 Å². The van der Waals surface area contributed by atoms with Crippen molar-refractivity contribution in [3.8, 4) is 0 Å². The molecule has 0 saturated carbocycles. The maximum absolute atomic E-state index is 4.41. The Morgan fingerprint density at radius 3 is 2.92 bits per heavy atom. The smallest absolute Gasteiger partial charge is 0.0261 e. The van der Waals surface area contributed by atoms with Gasteiger partial charge in [-0.25, -0.2) is 5.32 Å². The van der Waals surface area contributed by atoms with Gasteiger partial charge < -0.3 is 4.90 Å². The average Bonchev–Trinajstić information content (AvgIpc) is 2.33. The van der Waals surface area contributed by atoms with Crippen LogP contribution in [0.15, 0.2) is 0 Å². The Hall–Kier alpha value is -0.0800. The molecule has 0 atom stereocenters. The molecule has 12 heavy (non-hydrogen) atoms. The van der Waals surface area contributed by atoms with Crippen LogP contribution in [-0.4, -0.2) is 37.6 Å². The van der Waals surface area contributed by atoms with Crippen molar-refractivity contribution in [2.24, 2.45) is 0 Å². The maximum Gasteiger partial charge on any atom is 0.0261 e. The summed E-state index contributed by atoms with van der Waals surface area (Å²) in [6.07, 6.45) is 5.36. The van der Waals surface area contributed by atoms with Crippen LogP contribution in [0.5, 0.6) is 0 Å². The number of hydrogen-bond donors (Lipinski definition) is 0. The summed E-state index contributed by atoms with van der Waals surface area (Å²) < 4.78 is 0. The molecule has 0 aromatic heterocycles. The van der Waals surface area contributed by atoms with Crippen molar-refractivity contribution < 1.29 is 0 Å². The SMILES string of the molecule is CCCCCN1CCC[N]CC1. The Morgan fingerprint density at radius 1 is 1.17 bits per heavy atom. The molecule has 0 amide bonds. The summed E-state index contributed by atoms with van der Waals surface area (Å²) in [7, 11) is 0. The Labute approximate surface area is 76.3 Å². The minimum absolute atomic E-state index is 1.06. The van der Waals surface area contributed by atoms with Crippen LogP contribution in [0.3, 0.4) is 0 Å². The van der Waals surface area contributed by atoms with E-state index in [9.17, 15) is 0 Å². The van der Waals surface area contributed by atoms with E-state index in [2.05, 4.69) is 17.1 Å². The third kappa shape index (κ3) is 4.07. The molecule has 1 saturated heterocycles. The van der Waals surface area contributed by atoms with Gasteiger partial charge in [0.25, 0.3) is 0 Å². The van der Waals surface area contributed by atoms with Gasteiger partial charge in [0.15, 0.2) is 0 Å². The van der Waals surface area contributed by atoms with E-state index in [0.29, 0.717) is 0 Å². The number of unbranched alkanes of at least 4 members (excludes halogenated alkanes) is 2. The van der Waals surface area contributed by atoms with Crippen molar-refractivity contribution in [2.45, 2.75) is 32.6 Å². The third-order valence-electron chi connectivity index (χ3n) is 2.44. The number of rotatable bonds is 4. The highest BCUT2D eigenvalue weighted by Crippen LogP contribution is 2.00. The van der Waals surface area contributed by atoms with Crippen LogP contribution in [-0.2, 0) is 0 Å². The molecule has 1 fully saturated rings. The minimum atomic E-state index is 1.06. The molecule has 71 valence electrons. The summed E-state index contributed by atoms with van der Waals surface area (Å²) in [4.78, 5) is 2.56. The largest absolute Gasteiger partial charge is 0.302 e. The number of nitrogens with zero attached hydrogens (tertiary/aromatic N) is 2. The van der Waals surface area contributed by atoms with Gasteiger partial charge in [-0.1, -0.05) is 19.8 Å². The van der Waals surface area contributed by atoms with E-state index in [4.69, 9.17) is 0 Å². The highest BCUT2D eigenvalue weighted by atomic mass is 15.1. The van der Waals surface area contributed by atoms with Crippen LogP contribution in [0.4, 0.5) is 0 Å². The van der Waals surface area contributed by atoms with Crippen molar-refractivity contribution in [1.29, 1.82) is 0 Å². The molecule has 0 N–H and O–H groups in total. The van der Waals surface area contributed by atoms with Crippen LogP contribution >= 0.6 is 0 Å². The standard InChI is InChI=1S/C10H21N2/c1-2-3-4-8-12-9-5-6-11-7-10-12/h2-10H2,1H3. The molecule has 1 radical (unpaired) electrons. The fourth-order valence-electron chi connectivity index (χ4n) is 1.65. The molecule has 0 bridgehead atoms. The number of hydrogen-bond acceptors (Lipinski definition) is 1. The van der Waals surface area contributed by atoms with Crippen LogP contribution in [0.2, 0.25) is 0 Å². The lowest BCUT2D eigenvalue weighted by molar-refractivity contribution is 0.285. The second-order valence-corrected chi connectivity index (χ2v) is 3.57. The molecule has 0 spiro atoms. The second kappa shape index (κ2) is 6.44. The summed E-state index contributed by atoms with van der Waals surface area (Å²) in [6.45, 7) is 8.18. The van der Waals surface area contributed by atoms with Crippen molar-refractivity contribution >= 4 is 0 Å². The van der Waals surface area contributed by atoms with Gasteiger partial charge in [-0.15, -0.1) is 0 Å².